The Labute approximate surface area is 138 Å². The van der Waals surface area contributed by atoms with E-state index in [1.807, 2.05) is 25.1 Å². The molecule has 1 heterocycles. The molecule has 1 unspecified atom stereocenters. The molecule has 0 saturated heterocycles. The molecule has 1 atom stereocenters. The lowest BCUT2D eigenvalue weighted by atomic mass is 9.98. The minimum atomic E-state index is -4.25. The summed E-state index contributed by atoms with van der Waals surface area (Å²) < 4.78 is 42.0. The van der Waals surface area contributed by atoms with E-state index in [0.29, 0.717) is 9.80 Å². The van der Waals surface area contributed by atoms with Crippen molar-refractivity contribution in [3.05, 3.63) is 34.2 Å². The third kappa shape index (κ3) is 2.64. The molecule has 3 rings (SSSR count). The number of halogens is 4. The maximum absolute atomic E-state index is 14.0. The van der Waals surface area contributed by atoms with E-state index in [4.69, 9.17) is 0 Å². The molecule has 1 aliphatic heterocycles. The second kappa shape index (κ2) is 5.90. The molecule has 0 nitrogen and oxygen atoms in total. The summed E-state index contributed by atoms with van der Waals surface area (Å²) in [5.74, 6) is 0.0613. The lowest BCUT2D eigenvalue weighted by molar-refractivity contribution is -0.0357. The maximum Gasteiger partial charge on any atom is 0.442 e. The first-order valence-electron chi connectivity index (χ1n) is 7.75. The lowest BCUT2D eigenvalue weighted by Crippen LogP contribution is -2.19. The first kappa shape index (κ1) is 16.4. The van der Waals surface area contributed by atoms with Gasteiger partial charge in [-0.05, 0) is 77.1 Å². The van der Waals surface area contributed by atoms with E-state index >= 15 is 0 Å². The largest absolute Gasteiger partial charge is 0.442 e. The van der Waals surface area contributed by atoms with Crippen LogP contribution in [0, 0.1) is 12.8 Å². The Morgan fingerprint density at radius 1 is 1.09 bits per heavy atom. The van der Waals surface area contributed by atoms with Crippen molar-refractivity contribution in [1.82, 2.24) is 0 Å². The van der Waals surface area contributed by atoms with Gasteiger partial charge in [0.2, 0.25) is 0 Å². The molecule has 1 fully saturated rings. The van der Waals surface area contributed by atoms with Crippen molar-refractivity contribution in [3.8, 4) is 0 Å². The number of rotatable bonds is 1. The van der Waals surface area contributed by atoms with E-state index in [9.17, 15) is 13.2 Å². The second-order valence-corrected chi connectivity index (χ2v) is 11.6. The van der Waals surface area contributed by atoms with Gasteiger partial charge in [-0.1, -0.05) is 37.8 Å². The smallest absolute Gasteiger partial charge is 0.160 e. The highest BCUT2D eigenvalue weighted by Crippen LogP contribution is 2.82. The van der Waals surface area contributed by atoms with Crippen LogP contribution in [0.15, 0.2) is 28.0 Å². The Balaban J connectivity index is 2.09. The predicted octanol–water partition coefficient (Wildman–Crippen LogP) is 7.31. The molecule has 2 aliphatic rings. The highest BCUT2D eigenvalue weighted by atomic mass is 79.9. The molecular weight excluding hydrogens is 373 g/mol. The molecule has 1 aliphatic carbocycles. The van der Waals surface area contributed by atoms with Gasteiger partial charge < -0.3 is 0 Å². The van der Waals surface area contributed by atoms with E-state index in [2.05, 4.69) is 14.8 Å². The van der Waals surface area contributed by atoms with Gasteiger partial charge in [0.1, 0.15) is 0 Å². The number of alkyl halides is 3. The molecule has 0 N–H and O–H groups in total. The van der Waals surface area contributed by atoms with E-state index < -0.39 is 14.0 Å². The fraction of sp³-hybridized carbons (Fsp3) is 0.529. The fourth-order valence-corrected chi connectivity index (χ4v) is 8.01. The molecule has 0 aromatic heterocycles. The Morgan fingerprint density at radius 3 is 2.32 bits per heavy atom. The van der Waals surface area contributed by atoms with Crippen molar-refractivity contribution in [2.24, 2.45) is 5.92 Å². The predicted molar refractivity (Wildman–Crippen MR) is 91.2 cm³/mol. The number of hydrogen-bond donors (Lipinski definition) is 0. The van der Waals surface area contributed by atoms with Gasteiger partial charge in [-0.2, -0.15) is 13.2 Å². The molecule has 0 spiro atoms. The molecule has 0 amide bonds. The van der Waals surface area contributed by atoms with Crippen molar-refractivity contribution in [3.63, 3.8) is 0 Å². The van der Waals surface area contributed by atoms with Crippen LogP contribution < -0.4 is 0 Å². The van der Waals surface area contributed by atoms with Crippen LogP contribution in [0.2, 0.25) is 0 Å². The van der Waals surface area contributed by atoms with Crippen LogP contribution in [0.4, 0.5) is 13.2 Å². The number of hydrogen-bond acceptors (Lipinski definition) is 0. The first-order valence-corrected chi connectivity index (χ1v) is 11.2. The summed E-state index contributed by atoms with van der Waals surface area (Å²) in [6.07, 6.45) is 7.96. The van der Waals surface area contributed by atoms with Gasteiger partial charge in [0.15, 0.2) is 0 Å². The number of aryl methyl sites for hydroxylation is 1. The van der Waals surface area contributed by atoms with Crippen molar-refractivity contribution in [2.75, 3.05) is 0 Å². The van der Waals surface area contributed by atoms with Crippen LogP contribution in [-0.4, -0.2) is 5.51 Å². The van der Waals surface area contributed by atoms with Crippen molar-refractivity contribution in [1.29, 1.82) is 0 Å². The van der Waals surface area contributed by atoms with Crippen LogP contribution in [0.5, 0.6) is 0 Å². The van der Waals surface area contributed by atoms with Gasteiger partial charge in [0.05, 0.1) is 0 Å². The molecule has 0 bridgehead atoms. The van der Waals surface area contributed by atoms with E-state index in [1.54, 1.807) is 6.07 Å². The van der Waals surface area contributed by atoms with E-state index in [1.165, 1.54) is 0 Å². The molecule has 0 radical (unpaired) electrons. The van der Waals surface area contributed by atoms with Crippen LogP contribution in [0.25, 0.3) is 6.08 Å². The number of fused-ring (bicyclic) bond motifs is 1. The minimum Gasteiger partial charge on any atom is -0.160 e. The van der Waals surface area contributed by atoms with E-state index in [0.717, 1.165) is 49.7 Å². The van der Waals surface area contributed by atoms with E-state index in [-0.39, 0.29) is 5.92 Å². The third-order valence-electron chi connectivity index (χ3n) is 4.67. The monoisotopic (exact) mass is 392 g/mol. The third-order valence-corrected chi connectivity index (χ3v) is 10.6. The van der Waals surface area contributed by atoms with Crippen molar-refractivity contribution in [2.45, 2.75) is 55.9 Å². The van der Waals surface area contributed by atoms with Crippen molar-refractivity contribution < 1.29 is 13.2 Å². The van der Waals surface area contributed by atoms with Crippen LogP contribution >= 0.6 is 23.3 Å². The van der Waals surface area contributed by atoms with Gasteiger partial charge in [-0.15, -0.1) is 0 Å². The van der Waals surface area contributed by atoms with Gasteiger partial charge in [-0.25, -0.2) is 0 Å². The Morgan fingerprint density at radius 2 is 1.73 bits per heavy atom. The first-order chi connectivity index (χ1) is 10.3. The summed E-state index contributed by atoms with van der Waals surface area (Å²) in [6, 6.07) is 5.45. The Hall–Kier alpha value is -0.420. The van der Waals surface area contributed by atoms with Gasteiger partial charge in [0, 0.05) is 4.90 Å². The topological polar surface area (TPSA) is 0 Å². The van der Waals surface area contributed by atoms with Gasteiger partial charge in [0.25, 0.3) is 0 Å². The van der Waals surface area contributed by atoms with Gasteiger partial charge >= 0.3 is 5.51 Å². The minimum absolute atomic E-state index is 0.0613. The normalized spacial score (nSPS) is 29.4. The maximum atomic E-state index is 14.0. The van der Waals surface area contributed by atoms with Crippen LogP contribution in [0.1, 0.15) is 49.7 Å². The highest BCUT2D eigenvalue weighted by Gasteiger charge is 2.56. The summed E-state index contributed by atoms with van der Waals surface area (Å²) in [7, 11) is -3.08. The fourth-order valence-electron chi connectivity index (χ4n) is 3.54. The second-order valence-electron chi connectivity index (χ2n) is 6.26. The van der Waals surface area contributed by atoms with Crippen LogP contribution in [-0.2, 0) is 0 Å². The summed E-state index contributed by atoms with van der Waals surface area (Å²) in [5, 5.41) is 0. The molecule has 1 aromatic carbocycles. The standard InChI is InChI=1S/C17H20BrF3S/c1-12-8-9-14-11-16(13-6-4-2-3-5-7-13)22(18,15(14)10-12)17(19,20)21/h8-11,13H,2-7H2,1H3. The SMILES string of the molecule is Cc1ccc2c(c1)S(Br)(C(F)(F)F)C(C1CCCCCC1)=C2. The summed E-state index contributed by atoms with van der Waals surface area (Å²) >= 11 is 3.22. The summed E-state index contributed by atoms with van der Waals surface area (Å²) in [5.41, 5.74) is -2.62. The summed E-state index contributed by atoms with van der Waals surface area (Å²) in [4.78, 5) is 1.04. The molecule has 122 valence electrons. The summed E-state index contributed by atoms with van der Waals surface area (Å²) in [6.45, 7) is 1.85. The quantitative estimate of drug-likeness (QED) is 0.439. The average molecular weight is 393 g/mol. The lowest BCUT2D eigenvalue weighted by Gasteiger charge is -2.38. The Bertz CT molecular complexity index is 600. The average Bonchev–Trinajstić information content (AvgIpc) is 2.64. The van der Waals surface area contributed by atoms with Gasteiger partial charge in [-0.3, -0.25) is 0 Å². The Kier molecular flexibility index (Phi) is 4.41. The zero-order valence-corrected chi connectivity index (χ0v) is 15.0. The molecule has 5 heteroatoms. The molecule has 22 heavy (non-hydrogen) atoms. The molecule has 1 aromatic rings. The van der Waals surface area contributed by atoms with Crippen molar-refractivity contribution >= 4 is 29.4 Å². The highest BCUT2D eigenvalue weighted by molar-refractivity contribution is 9.59. The van der Waals surface area contributed by atoms with Crippen LogP contribution in [0.3, 0.4) is 0 Å². The zero-order chi connectivity index (χ0) is 16.0. The zero-order valence-electron chi connectivity index (χ0n) is 12.5. The number of allylic oxidation sites excluding steroid dienone is 1. The molecule has 1 saturated carbocycles. The molecular formula is C17H20BrF3S. The number of benzene rings is 1.